The predicted octanol–water partition coefficient (Wildman–Crippen LogP) is 2.08. The number of hydrogen-bond acceptors (Lipinski definition) is 3. The van der Waals surface area contributed by atoms with Crippen LogP contribution in [0, 0.1) is 0 Å². The third kappa shape index (κ3) is 4.57. The second kappa shape index (κ2) is 5.80. The summed E-state index contributed by atoms with van der Waals surface area (Å²) in [4.78, 5) is 4.09. The minimum Gasteiger partial charge on any atom is -0.294 e. The van der Waals surface area contributed by atoms with Crippen molar-refractivity contribution < 1.29 is 8.42 Å². The summed E-state index contributed by atoms with van der Waals surface area (Å²) in [7, 11) is -3.09. The minimum atomic E-state index is -3.09. The van der Waals surface area contributed by atoms with Gasteiger partial charge in [-0.1, -0.05) is 30.3 Å². The molecule has 0 saturated carbocycles. The lowest BCUT2D eigenvalue weighted by atomic mass is 10.2. The lowest BCUT2D eigenvalue weighted by Gasteiger charge is -2.04. The Morgan fingerprint density at radius 3 is 2.44 bits per heavy atom. The molecule has 16 heavy (non-hydrogen) atoms. The zero-order valence-corrected chi connectivity index (χ0v) is 10.5. The highest BCUT2D eigenvalue weighted by Gasteiger charge is 2.13. The largest absolute Gasteiger partial charge is 0.294 e. The lowest BCUT2D eigenvalue weighted by molar-refractivity contribution is 0.599. The quantitative estimate of drug-likeness (QED) is 0.739. The second-order valence-corrected chi connectivity index (χ2v) is 5.79. The molecule has 0 spiro atoms. The second-order valence-electron chi connectivity index (χ2n) is 3.73. The van der Waals surface area contributed by atoms with Crippen molar-refractivity contribution in [2.45, 2.75) is 19.6 Å². The van der Waals surface area contributed by atoms with Gasteiger partial charge in [-0.2, -0.15) is 0 Å². The number of rotatable bonds is 5. The Bertz CT molecular complexity index is 449. The first-order valence-corrected chi connectivity index (χ1v) is 7.10. The molecule has 0 unspecified atom stereocenters. The zero-order chi connectivity index (χ0) is 12.0. The van der Waals surface area contributed by atoms with Crippen LogP contribution in [0.3, 0.4) is 0 Å². The third-order valence-corrected chi connectivity index (χ3v) is 3.72. The molecule has 0 N–H and O–H groups in total. The van der Waals surface area contributed by atoms with E-state index in [1.165, 1.54) is 0 Å². The standard InChI is InChI=1S/C12H17NO2S/c1-3-13-11(2)9-16(14,15)10-12-7-5-4-6-8-12/h4-8H,3,9-10H2,1-2H3. The number of benzene rings is 1. The average molecular weight is 239 g/mol. The average Bonchev–Trinajstić information content (AvgIpc) is 2.17. The zero-order valence-electron chi connectivity index (χ0n) is 9.68. The smallest absolute Gasteiger partial charge is 0.159 e. The first-order valence-electron chi connectivity index (χ1n) is 5.28. The predicted molar refractivity (Wildman–Crippen MR) is 67.6 cm³/mol. The molecule has 1 aromatic rings. The van der Waals surface area contributed by atoms with Crippen molar-refractivity contribution in [1.29, 1.82) is 0 Å². The molecule has 0 aliphatic carbocycles. The van der Waals surface area contributed by atoms with Gasteiger partial charge in [0.1, 0.15) is 0 Å². The summed E-state index contributed by atoms with van der Waals surface area (Å²) >= 11 is 0. The highest BCUT2D eigenvalue weighted by Crippen LogP contribution is 2.06. The fourth-order valence-electron chi connectivity index (χ4n) is 1.51. The summed E-state index contributed by atoms with van der Waals surface area (Å²) in [6.45, 7) is 4.28. The Morgan fingerprint density at radius 1 is 1.25 bits per heavy atom. The van der Waals surface area contributed by atoms with E-state index < -0.39 is 9.84 Å². The van der Waals surface area contributed by atoms with Crippen molar-refractivity contribution >= 4 is 15.5 Å². The van der Waals surface area contributed by atoms with Gasteiger partial charge in [-0.05, 0) is 19.4 Å². The van der Waals surface area contributed by atoms with Gasteiger partial charge in [-0.15, -0.1) is 0 Å². The first kappa shape index (κ1) is 12.9. The van der Waals surface area contributed by atoms with Crippen molar-refractivity contribution in [3.05, 3.63) is 35.9 Å². The Labute approximate surface area is 97.1 Å². The van der Waals surface area contributed by atoms with Gasteiger partial charge in [-0.3, -0.25) is 4.99 Å². The molecule has 1 aromatic carbocycles. The fourth-order valence-corrected chi connectivity index (χ4v) is 3.04. The van der Waals surface area contributed by atoms with Gasteiger partial charge in [0.05, 0.1) is 11.5 Å². The van der Waals surface area contributed by atoms with Crippen LogP contribution in [0.5, 0.6) is 0 Å². The monoisotopic (exact) mass is 239 g/mol. The molecule has 0 bridgehead atoms. The molecule has 4 heteroatoms. The molecular formula is C12H17NO2S. The topological polar surface area (TPSA) is 46.5 Å². The molecule has 0 saturated heterocycles. The van der Waals surface area contributed by atoms with E-state index in [0.717, 1.165) is 5.56 Å². The van der Waals surface area contributed by atoms with Crippen molar-refractivity contribution in [3.8, 4) is 0 Å². The highest BCUT2D eigenvalue weighted by atomic mass is 32.2. The van der Waals surface area contributed by atoms with E-state index in [1.807, 2.05) is 37.3 Å². The van der Waals surface area contributed by atoms with Gasteiger partial charge >= 0.3 is 0 Å². The van der Waals surface area contributed by atoms with Crippen molar-refractivity contribution in [3.63, 3.8) is 0 Å². The van der Waals surface area contributed by atoms with Gasteiger partial charge in [-0.25, -0.2) is 8.42 Å². The van der Waals surface area contributed by atoms with Crippen LogP contribution in [0.2, 0.25) is 0 Å². The van der Waals surface area contributed by atoms with Crippen molar-refractivity contribution in [2.24, 2.45) is 4.99 Å². The van der Waals surface area contributed by atoms with Crippen LogP contribution in [0.15, 0.2) is 35.3 Å². The Hall–Kier alpha value is -1.16. The van der Waals surface area contributed by atoms with E-state index in [4.69, 9.17) is 0 Å². The molecule has 0 aliphatic rings. The van der Waals surface area contributed by atoms with E-state index in [9.17, 15) is 8.42 Å². The highest BCUT2D eigenvalue weighted by molar-refractivity contribution is 7.91. The maximum Gasteiger partial charge on any atom is 0.159 e. The molecule has 88 valence electrons. The van der Waals surface area contributed by atoms with E-state index in [1.54, 1.807) is 6.92 Å². The van der Waals surface area contributed by atoms with Gasteiger partial charge in [0.2, 0.25) is 0 Å². The minimum absolute atomic E-state index is 0.0513. The summed E-state index contributed by atoms with van der Waals surface area (Å²) in [5, 5.41) is 0. The normalized spacial score (nSPS) is 12.8. The summed E-state index contributed by atoms with van der Waals surface area (Å²) in [5.41, 5.74) is 1.50. The van der Waals surface area contributed by atoms with Crippen LogP contribution in [0.4, 0.5) is 0 Å². The van der Waals surface area contributed by atoms with Crippen LogP contribution in [-0.4, -0.2) is 26.4 Å². The van der Waals surface area contributed by atoms with E-state index in [0.29, 0.717) is 12.3 Å². The molecule has 0 heterocycles. The lowest BCUT2D eigenvalue weighted by Crippen LogP contribution is -2.15. The van der Waals surface area contributed by atoms with Gasteiger partial charge in [0, 0.05) is 12.3 Å². The summed E-state index contributed by atoms with van der Waals surface area (Å²) in [5.74, 6) is 0.139. The van der Waals surface area contributed by atoms with Gasteiger partial charge in [0.25, 0.3) is 0 Å². The van der Waals surface area contributed by atoms with Gasteiger partial charge in [0.15, 0.2) is 9.84 Å². The molecule has 3 nitrogen and oxygen atoms in total. The Balaban J connectivity index is 2.70. The van der Waals surface area contributed by atoms with Crippen molar-refractivity contribution in [2.75, 3.05) is 12.3 Å². The fraction of sp³-hybridized carbons (Fsp3) is 0.417. The molecule has 0 radical (unpaired) electrons. The molecular weight excluding hydrogens is 222 g/mol. The molecule has 0 amide bonds. The first-order chi connectivity index (χ1) is 7.53. The molecule has 1 rings (SSSR count). The maximum absolute atomic E-state index is 11.8. The molecule has 0 fully saturated rings. The number of nitrogens with zero attached hydrogens (tertiary/aromatic N) is 1. The van der Waals surface area contributed by atoms with Crippen LogP contribution in [-0.2, 0) is 15.6 Å². The van der Waals surface area contributed by atoms with Crippen molar-refractivity contribution in [1.82, 2.24) is 0 Å². The molecule has 0 aromatic heterocycles. The third-order valence-electron chi connectivity index (χ3n) is 2.09. The Morgan fingerprint density at radius 2 is 1.88 bits per heavy atom. The summed E-state index contributed by atoms with van der Waals surface area (Å²) in [6, 6.07) is 9.21. The number of hydrogen-bond donors (Lipinski definition) is 0. The van der Waals surface area contributed by atoms with Crippen LogP contribution in [0.25, 0.3) is 0 Å². The number of aliphatic imine (C=N–C) groups is 1. The SMILES string of the molecule is CCN=C(C)CS(=O)(=O)Cc1ccccc1. The summed E-state index contributed by atoms with van der Waals surface area (Å²) in [6.07, 6.45) is 0. The van der Waals surface area contributed by atoms with Gasteiger partial charge < -0.3 is 0 Å². The van der Waals surface area contributed by atoms with Crippen LogP contribution < -0.4 is 0 Å². The van der Waals surface area contributed by atoms with E-state index in [-0.39, 0.29) is 11.5 Å². The number of sulfone groups is 1. The summed E-state index contributed by atoms with van der Waals surface area (Å²) < 4.78 is 23.6. The van der Waals surface area contributed by atoms with Crippen LogP contribution >= 0.6 is 0 Å². The van der Waals surface area contributed by atoms with E-state index >= 15 is 0 Å². The van der Waals surface area contributed by atoms with E-state index in [2.05, 4.69) is 4.99 Å². The molecule has 0 atom stereocenters. The molecule has 0 aliphatic heterocycles. The maximum atomic E-state index is 11.8. The van der Waals surface area contributed by atoms with Crippen LogP contribution in [0.1, 0.15) is 19.4 Å². The Kier molecular flexibility index (Phi) is 4.68.